The molecule has 3 rings (SSSR count). The van der Waals surface area contributed by atoms with Crippen molar-refractivity contribution in [3.8, 4) is 5.75 Å². The maximum atomic E-state index is 13.2. The number of nitrogens with one attached hydrogen (secondary N) is 1. The maximum Gasteiger partial charge on any atom is 0.229 e. The predicted octanol–water partition coefficient (Wildman–Crippen LogP) is 4.18. The number of hydrogen-bond donors (Lipinski definition) is 1. The molecule has 0 unspecified atom stereocenters. The Morgan fingerprint density at radius 2 is 1.93 bits per heavy atom. The van der Waals surface area contributed by atoms with Gasteiger partial charge in [0.1, 0.15) is 5.75 Å². The van der Waals surface area contributed by atoms with Gasteiger partial charge in [0.2, 0.25) is 11.8 Å². The van der Waals surface area contributed by atoms with Gasteiger partial charge in [0.15, 0.2) is 0 Å². The van der Waals surface area contributed by atoms with Crippen LogP contribution in [0.25, 0.3) is 0 Å². The molecular weight excluding hydrogens is 372 g/mol. The molecule has 5 nitrogen and oxygen atoms in total. The van der Waals surface area contributed by atoms with Crippen molar-refractivity contribution in [1.29, 1.82) is 0 Å². The second-order valence-corrected chi connectivity index (χ2v) is 8.44. The van der Waals surface area contributed by atoms with Gasteiger partial charge >= 0.3 is 0 Å². The van der Waals surface area contributed by atoms with Gasteiger partial charge in [-0.05, 0) is 36.2 Å². The van der Waals surface area contributed by atoms with Gasteiger partial charge in [-0.15, -0.1) is 11.8 Å². The van der Waals surface area contributed by atoms with Crippen molar-refractivity contribution in [3.63, 3.8) is 0 Å². The lowest BCUT2D eigenvalue weighted by molar-refractivity contribution is -0.121. The van der Waals surface area contributed by atoms with Crippen molar-refractivity contribution in [1.82, 2.24) is 5.32 Å². The number of thioether (sulfide) groups is 1. The SMILES string of the molecule is COc1ccc([C@@H](CC(=O)N2CC[C@H](C)Sc3ccccc32)NC(C)=O)cc1. The molecule has 1 N–H and O–H groups in total. The van der Waals surface area contributed by atoms with Crippen molar-refractivity contribution in [3.05, 3.63) is 54.1 Å². The number of rotatable bonds is 5. The summed E-state index contributed by atoms with van der Waals surface area (Å²) in [6, 6.07) is 15.1. The maximum absolute atomic E-state index is 13.2. The van der Waals surface area contributed by atoms with E-state index >= 15 is 0 Å². The highest BCUT2D eigenvalue weighted by atomic mass is 32.2. The molecule has 1 heterocycles. The fraction of sp³-hybridized carbons (Fsp3) is 0.364. The molecule has 148 valence electrons. The first-order valence-electron chi connectivity index (χ1n) is 9.45. The van der Waals surface area contributed by atoms with E-state index in [2.05, 4.69) is 18.3 Å². The number of methoxy groups -OCH3 is 1. The lowest BCUT2D eigenvalue weighted by atomic mass is 10.0. The number of nitrogens with zero attached hydrogens (tertiary/aromatic N) is 1. The van der Waals surface area contributed by atoms with Crippen LogP contribution in [0, 0.1) is 0 Å². The Labute approximate surface area is 170 Å². The normalized spacial score (nSPS) is 17.2. The Morgan fingerprint density at radius 3 is 2.61 bits per heavy atom. The first-order valence-corrected chi connectivity index (χ1v) is 10.3. The third kappa shape index (κ3) is 4.87. The van der Waals surface area contributed by atoms with Gasteiger partial charge in [-0.25, -0.2) is 0 Å². The fourth-order valence-corrected chi connectivity index (χ4v) is 4.48. The molecule has 0 aromatic heterocycles. The highest BCUT2D eigenvalue weighted by Gasteiger charge is 2.27. The van der Waals surface area contributed by atoms with Crippen molar-refractivity contribution >= 4 is 29.3 Å². The van der Waals surface area contributed by atoms with Crippen LogP contribution < -0.4 is 15.0 Å². The average molecular weight is 399 g/mol. The molecule has 6 heteroatoms. The number of hydrogen-bond acceptors (Lipinski definition) is 4. The first kappa shape index (κ1) is 20.3. The highest BCUT2D eigenvalue weighted by Crippen LogP contribution is 2.38. The molecule has 0 bridgehead atoms. The Kier molecular flexibility index (Phi) is 6.62. The van der Waals surface area contributed by atoms with Crippen molar-refractivity contribution < 1.29 is 14.3 Å². The average Bonchev–Trinajstić information content (AvgIpc) is 2.85. The summed E-state index contributed by atoms with van der Waals surface area (Å²) >= 11 is 1.81. The van der Waals surface area contributed by atoms with Gasteiger partial charge < -0.3 is 15.0 Å². The largest absolute Gasteiger partial charge is 0.497 e. The minimum atomic E-state index is -0.378. The zero-order chi connectivity index (χ0) is 20.1. The van der Waals surface area contributed by atoms with E-state index in [9.17, 15) is 9.59 Å². The summed E-state index contributed by atoms with van der Waals surface area (Å²) < 4.78 is 5.20. The summed E-state index contributed by atoms with van der Waals surface area (Å²) in [6.07, 6.45) is 1.14. The molecular formula is C22H26N2O3S. The van der Waals surface area contributed by atoms with Crippen LogP contribution in [0.3, 0.4) is 0 Å². The summed E-state index contributed by atoms with van der Waals surface area (Å²) in [5.74, 6) is 0.592. The molecule has 0 fully saturated rings. The van der Waals surface area contributed by atoms with Gasteiger partial charge in [-0.3, -0.25) is 9.59 Å². The fourth-order valence-electron chi connectivity index (χ4n) is 3.36. The van der Waals surface area contributed by atoms with Crippen LogP contribution >= 0.6 is 11.8 Å². The molecule has 0 saturated carbocycles. The van der Waals surface area contributed by atoms with E-state index in [0.29, 0.717) is 11.8 Å². The smallest absolute Gasteiger partial charge is 0.229 e. The van der Waals surface area contributed by atoms with Crippen LogP contribution in [0.4, 0.5) is 5.69 Å². The lowest BCUT2D eigenvalue weighted by Crippen LogP contribution is -2.36. The number of para-hydroxylation sites is 1. The molecule has 2 aromatic rings. The van der Waals surface area contributed by atoms with Gasteiger partial charge in [0.05, 0.1) is 25.3 Å². The summed E-state index contributed by atoms with van der Waals surface area (Å²) in [5.41, 5.74) is 1.84. The standard InChI is InChI=1S/C22H26N2O3S/c1-15-12-13-24(20-6-4-5-7-21(20)28-15)22(26)14-19(23-16(2)25)17-8-10-18(27-3)11-9-17/h4-11,15,19H,12-14H2,1-3H3,(H,23,25)/t15-,19+/m0/s1. The van der Waals surface area contributed by atoms with Crippen molar-refractivity contribution in [2.75, 3.05) is 18.6 Å². The van der Waals surface area contributed by atoms with Gasteiger partial charge in [-0.2, -0.15) is 0 Å². The Hall–Kier alpha value is -2.47. The van der Waals surface area contributed by atoms with E-state index in [0.717, 1.165) is 28.3 Å². The van der Waals surface area contributed by atoms with E-state index in [1.807, 2.05) is 47.4 Å². The number of ether oxygens (including phenoxy) is 1. The van der Waals surface area contributed by atoms with Crippen LogP contribution in [0.1, 0.15) is 38.3 Å². The zero-order valence-corrected chi connectivity index (χ0v) is 17.3. The molecule has 28 heavy (non-hydrogen) atoms. The second-order valence-electron chi connectivity index (χ2n) is 6.96. The predicted molar refractivity (Wildman–Crippen MR) is 113 cm³/mol. The second kappa shape index (κ2) is 9.15. The Balaban J connectivity index is 1.84. The Bertz CT molecular complexity index is 838. The molecule has 0 aliphatic carbocycles. The highest BCUT2D eigenvalue weighted by molar-refractivity contribution is 8.00. The molecule has 1 aliphatic heterocycles. The van der Waals surface area contributed by atoms with Gasteiger partial charge in [-0.1, -0.05) is 31.2 Å². The van der Waals surface area contributed by atoms with Crippen LogP contribution in [0.5, 0.6) is 5.75 Å². The molecule has 2 atom stereocenters. The van der Waals surface area contributed by atoms with E-state index < -0.39 is 0 Å². The van der Waals surface area contributed by atoms with Crippen LogP contribution in [-0.2, 0) is 9.59 Å². The third-order valence-corrected chi connectivity index (χ3v) is 6.06. The summed E-state index contributed by atoms with van der Waals surface area (Å²) in [7, 11) is 1.61. The van der Waals surface area contributed by atoms with E-state index in [-0.39, 0.29) is 24.3 Å². The molecule has 2 aromatic carbocycles. The summed E-state index contributed by atoms with van der Waals surface area (Å²) in [4.78, 5) is 28.0. The lowest BCUT2D eigenvalue weighted by Gasteiger charge is -2.26. The first-order chi connectivity index (χ1) is 13.5. The number of carbonyl (C=O) groups is 2. The summed E-state index contributed by atoms with van der Waals surface area (Å²) in [6.45, 7) is 4.34. The minimum Gasteiger partial charge on any atom is -0.497 e. The minimum absolute atomic E-state index is 0.0109. The number of fused-ring (bicyclic) bond motifs is 1. The van der Waals surface area contributed by atoms with Gasteiger partial charge in [0.25, 0.3) is 0 Å². The Morgan fingerprint density at radius 1 is 1.21 bits per heavy atom. The van der Waals surface area contributed by atoms with Crippen LogP contribution in [-0.4, -0.2) is 30.7 Å². The van der Waals surface area contributed by atoms with Gasteiger partial charge in [0, 0.05) is 23.6 Å². The van der Waals surface area contributed by atoms with Crippen LogP contribution in [0.2, 0.25) is 0 Å². The topological polar surface area (TPSA) is 58.6 Å². The molecule has 2 amide bonds. The van der Waals surface area contributed by atoms with Crippen molar-refractivity contribution in [2.45, 2.75) is 42.9 Å². The van der Waals surface area contributed by atoms with Crippen molar-refractivity contribution in [2.24, 2.45) is 0 Å². The molecule has 0 saturated heterocycles. The number of carbonyl (C=O) groups excluding carboxylic acids is 2. The molecule has 1 aliphatic rings. The quantitative estimate of drug-likeness (QED) is 0.821. The van der Waals surface area contributed by atoms with E-state index in [1.54, 1.807) is 18.9 Å². The molecule has 0 radical (unpaired) electrons. The summed E-state index contributed by atoms with van der Waals surface area (Å²) in [5, 5.41) is 3.37. The number of benzene rings is 2. The third-order valence-electron chi connectivity index (χ3n) is 4.82. The van der Waals surface area contributed by atoms with Crippen LogP contribution in [0.15, 0.2) is 53.4 Å². The zero-order valence-electron chi connectivity index (χ0n) is 16.5. The number of amides is 2. The number of anilines is 1. The van der Waals surface area contributed by atoms with E-state index in [1.165, 1.54) is 6.92 Å². The monoisotopic (exact) mass is 398 g/mol. The molecule has 0 spiro atoms. The van der Waals surface area contributed by atoms with E-state index in [4.69, 9.17) is 4.74 Å².